The number of nitrogens with zero attached hydrogens (tertiary/aromatic N) is 1. The molecule has 1 amide bonds. The standard InChI is InChI=1S/C10H9F3N2O/c11-5-1-2-7(9(13)8(5)12)15-4-3-6(14)10(15)16/h1-2,6H,3-4,14H2. The Morgan fingerprint density at radius 1 is 1.25 bits per heavy atom. The Bertz CT molecular complexity index is 450. The molecule has 16 heavy (non-hydrogen) atoms. The summed E-state index contributed by atoms with van der Waals surface area (Å²) in [5, 5.41) is 0. The van der Waals surface area contributed by atoms with Crippen LogP contribution in [0.5, 0.6) is 0 Å². The highest BCUT2D eigenvalue weighted by atomic mass is 19.2. The Kier molecular flexibility index (Phi) is 2.59. The summed E-state index contributed by atoms with van der Waals surface area (Å²) in [6.07, 6.45) is 0.372. The summed E-state index contributed by atoms with van der Waals surface area (Å²) < 4.78 is 39.0. The number of hydrogen-bond acceptors (Lipinski definition) is 2. The molecule has 1 fully saturated rings. The third-order valence-corrected chi connectivity index (χ3v) is 2.55. The van der Waals surface area contributed by atoms with Crippen molar-refractivity contribution < 1.29 is 18.0 Å². The molecule has 0 spiro atoms. The van der Waals surface area contributed by atoms with Gasteiger partial charge in [0.25, 0.3) is 0 Å². The van der Waals surface area contributed by atoms with Gasteiger partial charge in [0.15, 0.2) is 17.5 Å². The van der Waals surface area contributed by atoms with E-state index in [1.807, 2.05) is 0 Å². The Morgan fingerprint density at radius 2 is 1.94 bits per heavy atom. The van der Waals surface area contributed by atoms with Crippen molar-refractivity contribution in [2.75, 3.05) is 11.4 Å². The topological polar surface area (TPSA) is 46.3 Å². The van der Waals surface area contributed by atoms with Crippen molar-refractivity contribution >= 4 is 11.6 Å². The molecule has 1 unspecified atom stereocenters. The van der Waals surface area contributed by atoms with Gasteiger partial charge in [0.05, 0.1) is 11.7 Å². The van der Waals surface area contributed by atoms with Crippen molar-refractivity contribution in [3.63, 3.8) is 0 Å². The van der Waals surface area contributed by atoms with Crippen molar-refractivity contribution in [1.29, 1.82) is 0 Å². The summed E-state index contributed by atoms with van der Waals surface area (Å²) >= 11 is 0. The molecule has 1 atom stereocenters. The van der Waals surface area contributed by atoms with E-state index in [4.69, 9.17) is 5.73 Å². The molecule has 6 heteroatoms. The summed E-state index contributed by atoms with van der Waals surface area (Å²) in [6.45, 7) is 0.210. The minimum Gasteiger partial charge on any atom is -0.320 e. The molecule has 1 saturated heterocycles. The van der Waals surface area contributed by atoms with Crippen LogP contribution in [-0.2, 0) is 4.79 Å². The van der Waals surface area contributed by atoms with Gasteiger partial charge in [-0.3, -0.25) is 4.79 Å². The number of halogens is 3. The molecule has 1 aliphatic heterocycles. The summed E-state index contributed by atoms with van der Waals surface area (Å²) in [5.74, 6) is -4.70. The van der Waals surface area contributed by atoms with Crippen LogP contribution in [0.1, 0.15) is 6.42 Å². The highest BCUT2D eigenvalue weighted by Gasteiger charge is 2.32. The lowest BCUT2D eigenvalue weighted by atomic mass is 10.2. The monoisotopic (exact) mass is 230 g/mol. The van der Waals surface area contributed by atoms with Gasteiger partial charge in [-0.25, -0.2) is 13.2 Å². The molecule has 3 nitrogen and oxygen atoms in total. The SMILES string of the molecule is NC1CCN(c2ccc(F)c(F)c2F)C1=O. The molecule has 1 aromatic rings. The van der Waals surface area contributed by atoms with Gasteiger partial charge in [-0.1, -0.05) is 0 Å². The van der Waals surface area contributed by atoms with Crippen molar-refractivity contribution in [1.82, 2.24) is 0 Å². The molecular weight excluding hydrogens is 221 g/mol. The second-order valence-corrected chi connectivity index (χ2v) is 3.58. The highest BCUT2D eigenvalue weighted by molar-refractivity contribution is 5.99. The van der Waals surface area contributed by atoms with Crippen LogP contribution in [0.15, 0.2) is 12.1 Å². The predicted molar refractivity (Wildman–Crippen MR) is 51.3 cm³/mol. The van der Waals surface area contributed by atoms with Gasteiger partial charge < -0.3 is 10.6 Å². The number of rotatable bonds is 1. The number of benzene rings is 1. The second kappa shape index (κ2) is 3.79. The lowest BCUT2D eigenvalue weighted by molar-refractivity contribution is -0.118. The fourth-order valence-electron chi connectivity index (χ4n) is 1.67. The lowest BCUT2D eigenvalue weighted by Gasteiger charge is -2.17. The van der Waals surface area contributed by atoms with E-state index in [0.29, 0.717) is 6.42 Å². The molecule has 1 heterocycles. The molecule has 86 valence electrons. The van der Waals surface area contributed by atoms with E-state index in [1.165, 1.54) is 0 Å². The van der Waals surface area contributed by atoms with Gasteiger partial charge in [-0.15, -0.1) is 0 Å². The quantitative estimate of drug-likeness (QED) is 0.736. The number of amides is 1. The largest absolute Gasteiger partial charge is 0.320 e. The molecule has 0 radical (unpaired) electrons. The Labute approximate surface area is 89.6 Å². The zero-order chi connectivity index (χ0) is 11.9. The Hall–Kier alpha value is -1.56. The third-order valence-electron chi connectivity index (χ3n) is 2.55. The molecule has 0 saturated carbocycles. The number of hydrogen-bond donors (Lipinski definition) is 1. The van der Waals surface area contributed by atoms with Gasteiger partial charge >= 0.3 is 0 Å². The maximum atomic E-state index is 13.4. The van der Waals surface area contributed by atoms with Crippen LogP contribution >= 0.6 is 0 Å². The first-order chi connectivity index (χ1) is 7.52. The fraction of sp³-hybridized carbons (Fsp3) is 0.300. The van der Waals surface area contributed by atoms with Crippen LogP contribution in [0.3, 0.4) is 0 Å². The van der Waals surface area contributed by atoms with Crippen molar-refractivity contribution in [3.8, 4) is 0 Å². The maximum absolute atomic E-state index is 13.4. The minimum atomic E-state index is -1.58. The van der Waals surface area contributed by atoms with Crippen LogP contribution in [-0.4, -0.2) is 18.5 Å². The van der Waals surface area contributed by atoms with Crippen LogP contribution in [0.25, 0.3) is 0 Å². The summed E-state index contributed by atoms with van der Waals surface area (Å²) in [5.41, 5.74) is 5.18. The Balaban J connectivity index is 2.42. The molecule has 2 rings (SSSR count). The molecule has 1 aliphatic rings. The first-order valence-electron chi connectivity index (χ1n) is 4.73. The zero-order valence-corrected chi connectivity index (χ0v) is 8.21. The van der Waals surface area contributed by atoms with Crippen LogP contribution in [0, 0.1) is 17.5 Å². The molecule has 0 aliphatic carbocycles. The van der Waals surface area contributed by atoms with E-state index in [9.17, 15) is 18.0 Å². The summed E-state index contributed by atoms with van der Waals surface area (Å²) in [6, 6.07) is 1.11. The van der Waals surface area contributed by atoms with Crippen LogP contribution in [0.4, 0.5) is 18.9 Å². The van der Waals surface area contributed by atoms with Gasteiger partial charge in [0.1, 0.15) is 0 Å². The molecular formula is C10H9F3N2O. The van der Waals surface area contributed by atoms with Crippen LogP contribution in [0.2, 0.25) is 0 Å². The van der Waals surface area contributed by atoms with Gasteiger partial charge in [-0.05, 0) is 18.6 Å². The van der Waals surface area contributed by atoms with Crippen molar-refractivity contribution in [2.45, 2.75) is 12.5 Å². The zero-order valence-electron chi connectivity index (χ0n) is 8.21. The number of carbonyl (C=O) groups excluding carboxylic acids is 1. The third kappa shape index (κ3) is 1.55. The number of carbonyl (C=O) groups is 1. The summed E-state index contributed by atoms with van der Waals surface area (Å²) in [7, 11) is 0. The van der Waals surface area contributed by atoms with E-state index < -0.39 is 29.4 Å². The minimum absolute atomic E-state index is 0.210. The molecule has 0 bridgehead atoms. The molecule has 1 aromatic carbocycles. The second-order valence-electron chi connectivity index (χ2n) is 3.58. The van der Waals surface area contributed by atoms with E-state index >= 15 is 0 Å². The summed E-state index contributed by atoms with van der Waals surface area (Å²) in [4.78, 5) is 12.5. The first kappa shape index (κ1) is 10.9. The maximum Gasteiger partial charge on any atom is 0.244 e. The normalized spacial score (nSPS) is 20.6. The first-order valence-corrected chi connectivity index (χ1v) is 4.73. The predicted octanol–water partition coefficient (Wildman–Crippen LogP) is 1.17. The fourth-order valence-corrected chi connectivity index (χ4v) is 1.67. The van der Waals surface area contributed by atoms with Crippen molar-refractivity contribution in [3.05, 3.63) is 29.6 Å². The highest BCUT2D eigenvalue weighted by Crippen LogP contribution is 2.26. The molecule has 2 N–H and O–H groups in total. The average molecular weight is 230 g/mol. The Morgan fingerprint density at radius 3 is 2.50 bits per heavy atom. The van der Waals surface area contributed by atoms with Gasteiger partial charge in [0, 0.05) is 6.54 Å². The van der Waals surface area contributed by atoms with E-state index in [-0.39, 0.29) is 12.2 Å². The lowest BCUT2D eigenvalue weighted by Crippen LogP contribution is -2.34. The van der Waals surface area contributed by atoms with Gasteiger partial charge in [0.2, 0.25) is 5.91 Å². The van der Waals surface area contributed by atoms with Gasteiger partial charge in [-0.2, -0.15) is 0 Å². The van der Waals surface area contributed by atoms with E-state index in [2.05, 4.69) is 0 Å². The van der Waals surface area contributed by atoms with E-state index in [0.717, 1.165) is 17.0 Å². The average Bonchev–Trinajstić information content (AvgIpc) is 2.58. The number of anilines is 1. The molecule has 0 aromatic heterocycles. The van der Waals surface area contributed by atoms with Crippen LogP contribution < -0.4 is 10.6 Å². The smallest absolute Gasteiger partial charge is 0.244 e. The van der Waals surface area contributed by atoms with Crippen molar-refractivity contribution in [2.24, 2.45) is 5.73 Å². The number of nitrogens with two attached hydrogens (primary N) is 1. The van der Waals surface area contributed by atoms with E-state index in [1.54, 1.807) is 0 Å².